The van der Waals surface area contributed by atoms with Gasteiger partial charge in [-0.3, -0.25) is 0 Å². The molecule has 0 saturated carbocycles. The van der Waals surface area contributed by atoms with Gasteiger partial charge in [0.1, 0.15) is 22.5 Å². The number of aromatic nitrogens is 2. The Labute approximate surface area is 444 Å². The number of nitrogens with zero attached hydrogens (tertiary/aromatic N) is 2. The average molecular weight is 987 g/mol. The first-order valence-electron chi connectivity index (χ1n) is 26.9. The molecule has 1 unspecified atom stereocenters. The molecular formula is C69H66N2O2S. The first kappa shape index (κ1) is 50.2. The van der Waals surface area contributed by atoms with Crippen molar-refractivity contribution in [2.24, 2.45) is 0 Å². The maximum absolute atomic E-state index is 6.03. The molecule has 0 fully saturated rings. The van der Waals surface area contributed by atoms with Crippen LogP contribution in [0.2, 0.25) is 0 Å². The van der Waals surface area contributed by atoms with Gasteiger partial charge in [0.25, 0.3) is 0 Å². The first-order valence-corrected chi connectivity index (χ1v) is 27.6. The van der Waals surface area contributed by atoms with Crippen LogP contribution in [0.25, 0.3) is 77.8 Å². The second kappa shape index (κ2) is 21.6. The van der Waals surface area contributed by atoms with Crippen LogP contribution in [0.1, 0.15) is 135 Å². The Morgan fingerprint density at radius 3 is 1.30 bits per heavy atom. The van der Waals surface area contributed by atoms with Crippen molar-refractivity contribution in [3.8, 4) is 114 Å². The van der Waals surface area contributed by atoms with Crippen LogP contribution in [0.3, 0.4) is 0 Å². The van der Waals surface area contributed by atoms with Gasteiger partial charge in [-0.1, -0.05) is 156 Å². The molecule has 0 spiro atoms. The number of hydrogen-bond acceptors (Lipinski definition) is 5. The largest absolute Gasteiger partial charge is 0.491 e. The van der Waals surface area contributed by atoms with E-state index < -0.39 is 5.41 Å². The molecule has 4 nitrogen and oxygen atoms in total. The van der Waals surface area contributed by atoms with E-state index in [-0.39, 0.29) is 17.6 Å². The normalized spacial score (nSPS) is 14.6. The maximum atomic E-state index is 6.03. The molecule has 74 heavy (non-hydrogen) atoms. The standard InChI is InChI=1S/C69H66N2O2S/c1-9-12-15-18-39-68(8)62-42-50(48-21-29-54(30-22-48)72-46(4)5)25-33-58(62)59-35-27-52(44-63(59)68)56-37-38-57(67-66(56)70-74-71-67)53-28-36-61-60-34-26-51(49-23-31-55(32-24-49)73-47(6)7)43-64(60)69(65(61)45-53,40-19-16-13-10-2)41-20-17-14-11-3/h1,21-38,42-47H,10-11,13-14,16-17,19-20,40-41H2,2-8H3. The van der Waals surface area contributed by atoms with Gasteiger partial charge in [0.05, 0.1) is 29.4 Å². The predicted octanol–water partition coefficient (Wildman–Crippen LogP) is 18.1. The highest BCUT2D eigenvalue weighted by Crippen LogP contribution is 2.57. The zero-order valence-corrected chi connectivity index (χ0v) is 44.9. The minimum atomic E-state index is -0.657. The number of benzene rings is 7. The quantitative estimate of drug-likeness (QED) is 0.0635. The summed E-state index contributed by atoms with van der Waals surface area (Å²) in [5.74, 6) is 16.5. The molecule has 5 heteroatoms. The molecule has 2 aliphatic carbocycles. The van der Waals surface area contributed by atoms with Crippen molar-refractivity contribution in [2.75, 3.05) is 0 Å². The van der Waals surface area contributed by atoms with Gasteiger partial charge in [-0.05, 0) is 198 Å². The van der Waals surface area contributed by atoms with Crippen molar-refractivity contribution in [1.82, 2.24) is 8.75 Å². The topological polar surface area (TPSA) is 44.2 Å². The van der Waals surface area contributed by atoms with Crippen molar-refractivity contribution >= 4 is 22.8 Å². The molecule has 0 amide bonds. The SMILES string of the molecule is C#CC#CC#CC1(C)c2cc(-c3ccc(OC(C)C)cc3)ccc2-c2ccc(-c3ccc(-c4ccc5c(c4)C(CCCCCC)(CCCCCC)c4cc(-c6ccc(OC(C)C)cc6)ccc4-5)c4nsnc34)cc21. The summed E-state index contributed by atoms with van der Waals surface area (Å²) in [6, 6.07) is 49.5. The van der Waals surface area contributed by atoms with Gasteiger partial charge in [-0.15, -0.1) is 6.42 Å². The number of fused-ring (bicyclic) bond motifs is 7. The van der Waals surface area contributed by atoms with Gasteiger partial charge in [-0.25, -0.2) is 0 Å². The number of unbranched alkanes of at least 4 members (excludes halogenated alkanes) is 6. The predicted molar refractivity (Wildman–Crippen MR) is 311 cm³/mol. The fourth-order valence-electron chi connectivity index (χ4n) is 11.8. The lowest BCUT2D eigenvalue weighted by Crippen LogP contribution is -2.25. The summed E-state index contributed by atoms with van der Waals surface area (Å²) >= 11 is 1.28. The molecule has 0 bridgehead atoms. The minimum Gasteiger partial charge on any atom is -0.491 e. The molecular weight excluding hydrogens is 921 g/mol. The number of rotatable bonds is 18. The molecule has 370 valence electrons. The molecule has 8 aromatic rings. The van der Waals surface area contributed by atoms with Crippen LogP contribution in [-0.2, 0) is 10.8 Å². The number of terminal acetylenes is 1. The molecule has 0 N–H and O–H groups in total. The van der Waals surface area contributed by atoms with Crippen LogP contribution in [0.15, 0.2) is 133 Å². The smallest absolute Gasteiger partial charge is 0.119 e. The Kier molecular flexibility index (Phi) is 14.7. The van der Waals surface area contributed by atoms with E-state index in [4.69, 9.17) is 24.6 Å². The zero-order chi connectivity index (χ0) is 51.4. The van der Waals surface area contributed by atoms with Gasteiger partial charge >= 0.3 is 0 Å². The Morgan fingerprint density at radius 1 is 0.459 bits per heavy atom. The molecule has 1 aromatic heterocycles. The van der Waals surface area contributed by atoms with E-state index in [1.54, 1.807) is 0 Å². The molecule has 7 aromatic carbocycles. The van der Waals surface area contributed by atoms with Crippen molar-refractivity contribution in [1.29, 1.82) is 0 Å². The monoisotopic (exact) mass is 986 g/mol. The van der Waals surface area contributed by atoms with Gasteiger partial charge in [0, 0.05) is 16.5 Å². The van der Waals surface area contributed by atoms with Gasteiger partial charge in [0.2, 0.25) is 0 Å². The van der Waals surface area contributed by atoms with Crippen LogP contribution >= 0.6 is 11.7 Å². The third-order valence-electron chi connectivity index (χ3n) is 15.3. The summed E-state index contributed by atoms with van der Waals surface area (Å²) in [5, 5.41) is 0. The molecule has 0 aliphatic heterocycles. The Hall–Kier alpha value is -7.36. The van der Waals surface area contributed by atoms with Crippen LogP contribution in [0.4, 0.5) is 0 Å². The van der Waals surface area contributed by atoms with Crippen molar-refractivity contribution in [3.05, 3.63) is 156 Å². The average Bonchev–Trinajstić information content (AvgIpc) is 4.08. The van der Waals surface area contributed by atoms with E-state index in [9.17, 15) is 0 Å². The van der Waals surface area contributed by atoms with E-state index >= 15 is 0 Å². The highest BCUT2D eigenvalue weighted by molar-refractivity contribution is 7.00. The van der Waals surface area contributed by atoms with Crippen LogP contribution in [-0.4, -0.2) is 21.0 Å². The first-order chi connectivity index (χ1) is 36.0. The van der Waals surface area contributed by atoms with Crippen LogP contribution in [0.5, 0.6) is 11.5 Å². The third-order valence-corrected chi connectivity index (χ3v) is 15.9. The summed E-state index contributed by atoms with van der Waals surface area (Å²) in [4.78, 5) is 0. The Bertz CT molecular complexity index is 3520. The summed E-state index contributed by atoms with van der Waals surface area (Å²) < 4.78 is 22.1. The maximum Gasteiger partial charge on any atom is 0.119 e. The fourth-order valence-corrected chi connectivity index (χ4v) is 12.4. The zero-order valence-electron chi connectivity index (χ0n) is 44.1. The van der Waals surface area contributed by atoms with E-state index in [0.717, 1.165) is 79.9 Å². The van der Waals surface area contributed by atoms with Gasteiger partial charge in [0.15, 0.2) is 0 Å². The highest BCUT2D eigenvalue weighted by Gasteiger charge is 2.43. The number of ether oxygens (including phenoxy) is 2. The van der Waals surface area contributed by atoms with E-state index in [1.807, 2.05) is 26.0 Å². The molecule has 0 radical (unpaired) electrons. The van der Waals surface area contributed by atoms with Crippen LogP contribution in [0, 0.1) is 36.0 Å². The second-order valence-corrected chi connectivity index (χ2v) is 21.5. The Morgan fingerprint density at radius 2 is 0.851 bits per heavy atom. The van der Waals surface area contributed by atoms with Crippen molar-refractivity contribution in [2.45, 2.75) is 136 Å². The lowest BCUT2D eigenvalue weighted by atomic mass is 9.70. The van der Waals surface area contributed by atoms with Crippen LogP contribution < -0.4 is 9.47 Å². The molecule has 1 atom stereocenters. The summed E-state index contributed by atoms with van der Waals surface area (Å²) in [7, 11) is 0. The lowest BCUT2D eigenvalue weighted by molar-refractivity contribution is 0.242. The van der Waals surface area contributed by atoms with E-state index in [1.165, 1.54) is 108 Å². The van der Waals surface area contributed by atoms with Gasteiger partial charge in [-0.2, -0.15) is 8.75 Å². The number of hydrogen-bond donors (Lipinski definition) is 0. The third kappa shape index (κ3) is 9.66. The summed E-state index contributed by atoms with van der Waals surface area (Å²) in [5.41, 5.74) is 20.5. The van der Waals surface area contributed by atoms with Crippen molar-refractivity contribution < 1.29 is 9.47 Å². The fraction of sp³-hybridized carbons (Fsp3) is 0.304. The Balaban J connectivity index is 1.04. The summed E-state index contributed by atoms with van der Waals surface area (Å²) in [6.07, 6.45) is 17.9. The molecule has 1 heterocycles. The minimum absolute atomic E-state index is 0.101. The van der Waals surface area contributed by atoms with Gasteiger partial charge < -0.3 is 9.47 Å². The molecule has 0 saturated heterocycles. The highest BCUT2D eigenvalue weighted by atomic mass is 32.1. The van der Waals surface area contributed by atoms with Crippen molar-refractivity contribution in [3.63, 3.8) is 0 Å². The molecule has 10 rings (SSSR count). The molecule has 2 aliphatic rings. The second-order valence-electron chi connectivity index (χ2n) is 21.0. The van der Waals surface area contributed by atoms with E-state index in [0.29, 0.717) is 0 Å². The lowest BCUT2D eigenvalue weighted by Gasteiger charge is -2.33. The summed E-state index contributed by atoms with van der Waals surface area (Å²) in [6.45, 7) is 15.1. The van der Waals surface area contributed by atoms with E-state index in [2.05, 4.69) is 186 Å².